The van der Waals surface area contributed by atoms with Crippen molar-refractivity contribution in [2.75, 3.05) is 12.8 Å². The summed E-state index contributed by atoms with van der Waals surface area (Å²) < 4.78 is 20.3. The topological polar surface area (TPSA) is 53.3 Å². The summed E-state index contributed by atoms with van der Waals surface area (Å²) in [5, 5.41) is 9.04. The molecule has 0 fully saturated rings. The highest BCUT2D eigenvalue weighted by molar-refractivity contribution is 7.97. The second kappa shape index (κ2) is 7.13. The average Bonchev–Trinajstić information content (AvgIpc) is 2.21. The van der Waals surface area contributed by atoms with Crippen LogP contribution in [-0.2, 0) is 14.4 Å². The molecule has 0 bridgehead atoms. The summed E-state index contributed by atoms with van der Waals surface area (Å²) in [5.74, 6) is 3.79. The molecule has 0 aromatic carbocycles. The Morgan fingerprint density at radius 3 is 2.05 bits per heavy atom. The predicted molar refractivity (Wildman–Crippen MR) is 91.7 cm³/mol. The van der Waals surface area contributed by atoms with Crippen molar-refractivity contribution in [2.24, 2.45) is 5.41 Å². The highest BCUT2D eigenvalue weighted by Gasteiger charge is 2.31. The van der Waals surface area contributed by atoms with Gasteiger partial charge >= 0.3 is 0 Å². The Morgan fingerprint density at radius 1 is 1.29 bits per heavy atom. The van der Waals surface area contributed by atoms with Gasteiger partial charge in [0, 0.05) is 28.0 Å². The van der Waals surface area contributed by atoms with Crippen molar-refractivity contribution in [1.82, 2.24) is 4.31 Å². The molecule has 0 radical (unpaired) electrons. The normalized spacial score (nSPS) is 18.9. The minimum absolute atomic E-state index is 0.00163. The minimum Gasteiger partial charge on any atom is -0.372 e. The fourth-order valence-corrected chi connectivity index (χ4v) is 3.59. The smallest absolute Gasteiger partial charge is 0.0845 e. The molecule has 3 atom stereocenters. The molecule has 0 spiro atoms. The van der Waals surface area contributed by atoms with Gasteiger partial charge in [0.2, 0.25) is 0 Å². The number of nitrogens with zero attached hydrogens (tertiary/aromatic N) is 2. The molecular weight excluding hydrogens is 284 g/mol. The van der Waals surface area contributed by atoms with Gasteiger partial charge in [0.15, 0.2) is 0 Å². The summed E-state index contributed by atoms with van der Waals surface area (Å²) in [6.07, 6.45) is 1.65. The molecule has 0 saturated carbocycles. The molecule has 0 heterocycles. The third kappa shape index (κ3) is 7.30. The van der Waals surface area contributed by atoms with E-state index in [1.807, 2.05) is 32.0 Å². The zero-order valence-corrected chi connectivity index (χ0v) is 15.7. The largest absolute Gasteiger partial charge is 0.372 e. The molecular formula is C16H32N2O2S. The Morgan fingerprint density at radius 2 is 1.76 bits per heavy atom. The second-order valence-electron chi connectivity index (χ2n) is 7.82. The van der Waals surface area contributed by atoms with E-state index in [2.05, 4.69) is 32.7 Å². The molecule has 0 rings (SSSR count). The zero-order valence-electron chi connectivity index (χ0n) is 14.9. The van der Waals surface area contributed by atoms with E-state index in [1.165, 1.54) is 0 Å². The van der Waals surface area contributed by atoms with Crippen LogP contribution in [0.15, 0.2) is 0 Å². The van der Waals surface area contributed by atoms with Crippen LogP contribution in [0.1, 0.15) is 54.9 Å². The van der Waals surface area contributed by atoms with E-state index in [0.717, 1.165) is 0 Å². The molecule has 124 valence electrons. The van der Waals surface area contributed by atoms with Gasteiger partial charge < -0.3 is 4.74 Å². The molecule has 0 aliphatic heterocycles. The van der Waals surface area contributed by atoms with Gasteiger partial charge in [0.1, 0.15) is 0 Å². The summed E-state index contributed by atoms with van der Waals surface area (Å²) >= 11 is 0. The van der Waals surface area contributed by atoms with Crippen LogP contribution in [0.25, 0.3) is 0 Å². The standard InChI is InChI=1S/C16H32N2O2S/c1-13(15(2,3)4)20-14(10-11-17)12-18(16(5,6)7)21(8,9)19/h13-14H,8,10,12H2,1-7,9H3. The zero-order chi connectivity index (χ0) is 17.1. The monoisotopic (exact) mass is 316 g/mol. The van der Waals surface area contributed by atoms with Crippen molar-refractivity contribution in [3.05, 3.63) is 0 Å². The number of nitriles is 1. The first-order valence-electron chi connectivity index (χ1n) is 7.32. The van der Waals surface area contributed by atoms with E-state index in [0.29, 0.717) is 6.54 Å². The van der Waals surface area contributed by atoms with E-state index in [1.54, 1.807) is 6.26 Å². The highest BCUT2D eigenvalue weighted by Crippen LogP contribution is 2.25. The molecule has 0 saturated heterocycles. The van der Waals surface area contributed by atoms with Crippen LogP contribution in [-0.4, -0.2) is 44.9 Å². The maximum absolute atomic E-state index is 12.4. The molecule has 5 heteroatoms. The Bertz CT molecular complexity index is 464. The van der Waals surface area contributed by atoms with Gasteiger partial charge in [0.25, 0.3) is 0 Å². The van der Waals surface area contributed by atoms with Gasteiger partial charge in [-0.3, -0.25) is 4.21 Å². The lowest BCUT2D eigenvalue weighted by Crippen LogP contribution is -2.49. The average molecular weight is 317 g/mol. The third-order valence-electron chi connectivity index (χ3n) is 3.52. The quantitative estimate of drug-likeness (QED) is 0.708. The van der Waals surface area contributed by atoms with E-state index < -0.39 is 9.71 Å². The highest BCUT2D eigenvalue weighted by atomic mass is 32.2. The summed E-state index contributed by atoms with van der Waals surface area (Å²) in [7, 11) is -2.36. The second-order valence-corrected chi connectivity index (χ2v) is 10.2. The number of hydrogen-bond acceptors (Lipinski definition) is 3. The van der Waals surface area contributed by atoms with Crippen molar-refractivity contribution >= 4 is 15.6 Å². The van der Waals surface area contributed by atoms with E-state index in [4.69, 9.17) is 10.00 Å². The summed E-state index contributed by atoms with van der Waals surface area (Å²) in [6, 6.07) is 2.17. The number of ether oxygens (including phenoxy) is 1. The Labute approximate surface area is 131 Å². The van der Waals surface area contributed by atoms with E-state index >= 15 is 0 Å². The SMILES string of the molecule is C=S(C)(=O)N(CC(CC#N)OC(C)C(C)(C)C)C(C)(C)C. The molecule has 3 unspecified atom stereocenters. The number of hydrogen-bond donors (Lipinski definition) is 0. The predicted octanol–water partition coefficient (Wildman–Crippen LogP) is 3.08. The maximum atomic E-state index is 12.4. The van der Waals surface area contributed by atoms with Crippen molar-refractivity contribution < 1.29 is 8.95 Å². The molecule has 4 nitrogen and oxygen atoms in total. The van der Waals surface area contributed by atoms with Gasteiger partial charge in [-0.15, -0.1) is 0 Å². The van der Waals surface area contributed by atoms with Gasteiger partial charge in [-0.05, 0) is 39.0 Å². The summed E-state index contributed by atoms with van der Waals surface area (Å²) in [5.41, 5.74) is -0.298. The van der Waals surface area contributed by atoms with E-state index in [9.17, 15) is 4.21 Å². The van der Waals surface area contributed by atoms with Crippen LogP contribution < -0.4 is 0 Å². The maximum Gasteiger partial charge on any atom is 0.0845 e. The van der Waals surface area contributed by atoms with Crippen LogP contribution in [0.3, 0.4) is 0 Å². The van der Waals surface area contributed by atoms with Crippen LogP contribution in [0, 0.1) is 16.7 Å². The van der Waals surface area contributed by atoms with Crippen molar-refractivity contribution in [2.45, 2.75) is 72.6 Å². The van der Waals surface area contributed by atoms with Gasteiger partial charge in [-0.2, -0.15) is 5.26 Å². The molecule has 0 aromatic rings. The lowest BCUT2D eigenvalue weighted by Gasteiger charge is -2.39. The van der Waals surface area contributed by atoms with Gasteiger partial charge in [-0.1, -0.05) is 20.8 Å². The van der Waals surface area contributed by atoms with E-state index in [-0.39, 0.29) is 29.6 Å². The molecule has 0 aliphatic rings. The Balaban J connectivity index is 5.19. The first-order valence-corrected chi connectivity index (χ1v) is 9.41. The Hall–Kier alpha value is -0.570. The van der Waals surface area contributed by atoms with Gasteiger partial charge in [-0.25, -0.2) is 4.31 Å². The molecule has 0 aliphatic carbocycles. The lowest BCUT2D eigenvalue weighted by atomic mass is 9.90. The Kier molecular flexibility index (Phi) is 6.93. The number of rotatable bonds is 6. The summed E-state index contributed by atoms with van der Waals surface area (Å²) in [4.78, 5) is 0. The molecule has 0 aromatic heterocycles. The minimum atomic E-state index is -2.36. The van der Waals surface area contributed by atoms with Gasteiger partial charge in [0.05, 0.1) is 24.7 Å². The first-order chi connectivity index (χ1) is 9.19. The van der Waals surface area contributed by atoms with Crippen LogP contribution >= 0.6 is 0 Å². The van der Waals surface area contributed by atoms with Crippen molar-refractivity contribution in [1.29, 1.82) is 5.26 Å². The summed E-state index contributed by atoms with van der Waals surface area (Å²) in [6.45, 7) is 14.8. The van der Waals surface area contributed by atoms with Crippen molar-refractivity contribution in [3.63, 3.8) is 0 Å². The fraction of sp³-hybridized carbons (Fsp3) is 0.875. The lowest BCUT2D eigenvalue weighted by molar-refractivity contribution is -0.0624. The fourth-order valence-electron chi connectivity index (χ4n) is 1.95. The van der Waals surface area contributed by atoms with Crippen molar-refractivity contribution in [3.8, 4) is 6.07 Å². The molecule has 0 N–H and O–H groups in total. The molecule has 21 heavy (non-hydrogen) atoms. The third-order valence-corrected chi connectivity index (χ3v) is 5.15. The van der Waals surface area contributed by atoms with Crippen LogP contribution in [0.2, 0.25) is 0 Å². The van der Waals surface area contributed by atoms with Crippen LogP contribution in [0.5, 0.6) is 0 Å². The first kappa shape index (κ1) is 20.4. The van der Waals surface area contributed by atoms with Crippen LogP contribution in [0.4, 0.5) is 0 Å². The molecule has 0 amide bonds.